The first-order valence-electron chi connectivity index (χ1n) is 14.4. The Morgan fingerprint density at radius 2 is 1.70 bits per heavy atom. The molecule has 0 saturated carbocycles. The van der Waals surface area contributed by atoms with E-state index >= 15 is 0 Å². The van der Waals surface area contributed by atoms with Crippen molar-refractivity contribution in [3.63, 3.8) is 0 Å². The number of fused-ring (bicyclic) bond motifs is 1. The summed E-state index contributed by atoms with van der Waals surface area (Å²) in [5.41, 5.74) is -0.0136. The Kier molecular flexibility index (Phi) is 10.2. The average Bonchev–Trinajstić information content (AvgIpc) is 3.00. The molecule has 12 nitrogen and oxygen atoms in total. The molecule has 1 aliphatic rings. The van der Waals surface area contributed by atoms with Crippen LogP contribution in [-0.2, 0) is 24.8 Å². The lowest BCUT2D eigenvalue weighted by atomic mass is 10.1. The van der Waals surface area contributed by atoms with Gasteiger partial charge in [0, 0.05) is 30.4 Å². The van der Waals surface area contributed by atoms with Crippen molar-refractivity contribution in [2.45, 2.75) is 49.9 Å². The van der Waals surface area contributed by atoms with E-state index in [4.69, 9.17) is 16.3 Å². The second kappa shape index (κ2) is 13.4. The molecule has 4 rings (SSSR count). The zero-order chi connectivity index (χ0) is 34.0. The van der Waals surface area contributed by atoms with Gasteiger partial charge in [-0.05, 0) is 84.1 Å². The number of nitrogens with one attached hydrogen (secondary N) is 2. The van der Waals surface area contributed by atoms with Gasteiger partial charge >= 0.3 is 0 Å². The van der Waals surface area contributed by atoms with Crippen LogP contribution in [0.5, 0.6) is 5.75 Å². The maximum Gasteiger partial charge on any atom is 0.278 e. The molecule has 0 fully saturated rings. The van der Waals surface area contributed by atoms with Gasteiger partial charge in [-0.15, -0.1) is 0 Å². The van der Waals surface area contributed by atoms with Crippen molar-refractivity contribution in [3.8, 4) is 5.75 Å². The van der Waals surface area contributed by atoms with E-state index in [1.165, 1.54) is 26.3 Å². The highest BCUT2D eigenvalue weighted by Crippen LogP contribution is 2.38. The number of rotatable bonds is 10. The fraction of sp³-hybridized carbons (Fsp3) is 0.323. The molecule has 0 atom stereocenters. The fourth-order valence-electron chi connectivity index (χ4n) is 4.92. The number of aliphatic imine (C=N–C) groups is 2. The van der Waals surface area contributed by atoms with Crippen molar-refractivity contribution < 1.29 is 26.4 Å². The van der Waals surface area contributed by atoms with Crippen LogP contribution in [0.25, 0.3) is 0 Å². The monoisotopic (exact) mass is 688 g/mol. The Bertz CT molecular complexity index is 1920. The smallest absolute Gasteiger partial charge is 0.278 e. The van der Waals surface area contributed by atoms with Crippen molar-refractivity contribution in [1.82, 2.24) is 9.03 Å². The highest BCUT2D eigenvalue weighted by molar-refractivity contribution is 7.90. The molecule has 2 N–H and O–H groups in total. The topological polar surface area (TPSA) is 150 Å². The number of hydrogen-bond donors (Lipinski definition) is 2. The van der Waals surface area contributed by atoms with E-state index in [9.17, 15) is 21.6 Å². The summed E-state index contributed by atoms with van der Waals surface area (Å²) in [6, 6.07) is 15.8. The normalized spacial score (nSPS) is 14.7. The maximum atomic E-state index is 14.3. The Morgan fingerprint density at radius 3 is 2.26 bits per heavy atom. The van der Waals surface area contributed by atoms with Gasteiger partial charge in [0.05, 0.1) is 29.2 Å². The highest BCUT2D eigenvalue weighted by Gasteiger charge is 2.44. The number of ether oxygens (including phenoxy) is 1. The number of carbonyl (C=O) groups is 1. The van der Waals surface area contributed by atoms with E-state index in [1.807, 2.05) is 26.0 Å². The number of carbonyl (C=O) groups excluding carboxylic acids is 1. The number of methoxy groups -OCH3 is 1. The van der Waals surface area contributed by atoms with Crippen molar-refractivity contribution in [3.05, 3.63) is 65.7 Å². The Hall–Kier alpha value is -3.98. The van der Waals surface area contributed by atoms with Gasteiger partial charge in [0.2, 0.25) is 10.0 Å². The van der Waals surface area contributed by atoms with Crippen LogP contribution in [0.4, 0.5) is 22.7 Å². The van der Waals surface area contributed by atoms with E-state index in [-0.39, 0.29) is 43.5 Å². The predicted octanol–water partition coefficient (Wildman–Crippen LogP) is 5.35. The number of benzene rings is 3. The third kappa shape index (κ3) is 6.89. The molecule has 1 amide bonds. The van der Waals surface area contributed by atoms with Crippen LogP contribution in [0.1, 0.15) is 34.6 Å². The first kappa shape index (κ1) is 34.9. The third-order valence-corrected chi connectivity index (χ3v) is 11.1. The van der Waals surface area contributed by atoms with Gasteiger partial charge in [-0.1, -0.05) is 23.7 Å². The molecule has 3 aromatic rings. The molecular weight excluding hydrogens is 652 g/mol. The van der Waals surface area contributed by atoms with Gasteiger partial charge in [0.15, 0.2) is 11.5 Å². The van der Waals surface area contributed by atoms with Crippen molar-refractivity contribution in [2.75, 3.05) is 37.5 Å². The minimum atomic E-state index is -4.20. The molecule has 1 aliphatic heterocycles. The summed E-state index contributed by atoms with van der Waals surface area (Å²) in [5, 5.41) is 2.52. The maximum absolute atomic E-state index is 14.3. The van der Waals surface area contributed by atoms with Crippen LogP contribution in [0.15, 0.2) is 80.4 Å². The quantitative estimate of drug-likeness (QED) is 0.273. The number of amides is 1. The Balaban J connectivity index is 1.96. The number of para-hydroxylation sites is 1. The van der Waals surface area contributed by atoms with E-state index < -0.39 is 31.5 Å². The van der Waals surface area contributed by atoms with Crippen LogP contribution < -0.4 is 19.7 Å². The number of nitrogens with zero attached hydrogens (tertiary/aromatic N) is 4. The molecule has 3 aromatic carbocycles. The third-order valence-electron chi connectivity index (χ3n) is 7.12. The van der Waals surface area contributed by atoms with Gasteiger partial charge in [-0.2, -0.15) is 0 Å². The summed E-state index contributed by atoms with van der Waals surface area (Å²) < 4.78 is 62.1. The summed E-state index contributed by atoms with van der Waals surface area (Å²) in [5.74, 6) is -1.02. The van der Waals surface area contributed by atoms with E-state index in [1.54, 1.807) is 51.1 Å². The molecule has 246 valence electrons. The highest BCUT2D eigenvalue weighted by atomic mass is 35.5. The summed E-state index contributed by atoms with van der Waals surface area (Å²) in [6.45, 7) is 10.7. The van der Waals surface area contributed by atoms with Crippen molar-refractivity contribution in [1.29, 1.82) is 0 Å². The number of halogens is 1. The van der Waals surface area contributed by atoms with Crippen LogP contribution in [0.3, 0.4) is 0 Å². The summed E-state index contributed by atoms with van der Waals surface area (Å²) in [7, 11) is -5.67. The van der Waals surface area contributed by atoms with Gasteiger partial charge in [-0.3, -0.25) is 4.79 Å². The first-order chi connectivity index (χ1) is 21.6. The van der Waals surface area contributed by atoms with Crippen LogP contribution in [0.2, 0.25) is 5.02 Å². The second-order valence-corrected chi connectivity index (χ2v) is 15.2. The number of anilines is 2. The standard InChI is InChI=1S/C31H37ClN6O6S2/c1-8-37(9-2)21-16-14-20(15-17-21)34-28(29-35-23-12-10-11-13-26(23)46(42,43)38(29)31(3,4)5)30(39)36-24-19-27(45(40,41)33-6)22(32)18-25(24)44-7/h10-19,33H,8-9H2,1-7H3,(H,36,39). The number of sulfonamides is 2. The SMILES string of the molecule is CCN(CC)c1ccc(N=C(C(=O)Nc2cc(S(=O)(=O)NC)c(Cl)cc2OC)C2=Nc3ccccc3S(=O)(=O)N2C(C)(C)C)cc1. The number of hydrogen-bond acceptors (Lipinski definition) is 9. The number of amidine groups is 1. The van der Waals surface area contributed by atoms with E-state index in [2.05, 4.69) is 24.9 Å². The van der Waals surface area contributed by atoms with Crippen LogP contribution >= 0.6 is 11.6 Å². The van der Waals surface area contributed by atoms with Gasteiger partial charge in [0.1, 0.15) is 15.5 Å². The van der Waals surface area contributed by atoms with E-state index in [0.29, 0.717) is 5.69 Å². The molecule has 0 aliphatic carbocycles. The molecule has 46 heavy (non-hydrogen) atoms. The molecule has 15 heteroatoms. The molecular formula is C31H37ClN6O6S2. The van der Waals surface area contributed by atoms with Gasteiger partial charge in [-0.25, -0.2) is 35.8 Å². The first-order valence-corrected chi connectivity index (χ1v) is 17.7. The minimum Gasteiger partial charge on any atom is -0.495 e. The minimum absolute atomic E-state index is 0.0155. The lowest BCUT2D eigenvalue weighted by molar-refractivity contribution is -0.110. The molecule has 0 saturated heterocycles. The Labute approximate surface area is 275 Å². The zero-order valence-electron chi connectivity index (χ0n) is 26.6. The predicted molar refractivity (Wildman–Crippen MR) is 182 cm³/mol. The molecule has 0 radical (unpaired) electrons. The molecule has 0 aromatic heterocycles. The summed E-state index contributed by atoms with van der Waals surface area (Å²) >= 11 is 6.24. The van der Waals surface area contributed by atoms with Gasteiger partial charge in [0.25, 0.3) is 15.9 Å². The molecule has 1 heterocycles. The summed E-state index contributed by atoms with van der Waals surface area (Å²) in [4.78, 5) is 25.4. The molecule has 0 unspecified atom stereocenters. The van der Waals surface area contributed by atoms with Crippen LogP contribution in [-0.4, -0.2) is 71.4 Å². The van der Waals surface area contributed by atoms with Gasteiger partial charge < -0.3 is 15.0 Å². The lowest BCUT2D eigenvalue weighted by Gasteiger charge is -2.39. The Morgan fingerprint density at radius 1 is 1.07 bits per heavy atom. The fourth-order valence-corrected chi connectivity index (χ4v) is 8.09. The molecule has 0 spiro atoms. The molecule has 0 bridgehead atoms. The van der Waals surface area contributed by atoms with Crippen LogP contribution in [0, 0.1) is 0 Å². The van der Waals surface area contributed by atoms with Crippen molar-refractivity contribution >= 4 is 71.9 Å². The lowest BCUT2D eigenvalue weighted by Crippen LogP contribution is -2.54. The van der Waals surface area contributed by atoms with Crippen molar-refractivity contribution in [2.24, 2.45) is 9.98 Å². The second-order valence-electron chi connectivity index (χ2n) is 11.1. The summed E-state index contributed by atoms with van der Waals surface area (Å²) in [6.07, 6.45) is 0. The zero-order valence-corrected chi connectivity index (χ0v) is 29.0. The average molecular weight is 689 g/mol. The van der Waals surface area contributed by atoms with E-state index in [0.717, 1.165) is 29.1 Å². The largest absolute Gasteiger partial charge is 0.495 e.